The van der Waals surface area contributed by atoms with Crippen molar-refractivity contribution in [1.82, 2.24) is 20.0 Å². The summed E-state index contributed by atoms with van der Waals surface area (Å²) in [6.45, 7) is 1.86. The molecule has 1 aromatic heterocycles. The topological polar surface area (TPSA) is 84.9 Å². The summed E-state index contributed by atoms with van der Waals surface area (Å²) in [5, 5.41) is 8.14. The maximum atomic E-state index is 13.1. The van der Waals surface area contributed by atoms with E-state index in [2.05, 4.69) is 10.2 Å². The summed E-state index contributed by atoms with van der Waals surface area (Å²) in [6.07, 6.45) is 0. The van der Waals surface area contributed by atoms with Crippen molar-refractivity contribution < 1.29 is 19.1 Å². The summed E-state index contributed by atoms with van der Waals surface area (Å²) in [6, 6.07) is 18.0. The number of ether oxygens (including phenoxy) is 2. The van der Waals surface area contributed by atoms with Gasteiger partial charge < -0.3 is 19.3 Å². The highest BCUT2D eigenvalue weighted by Gasteiger charge is 2.27. The number of hydrogen-bond acceptors (Lipinski definition) is 6. The molecule has 2 heterocycles. The number of rotatable bonds is 5. The minimum Gasteiger partial charge on any atom is -0.496 e. The predicted octanol–water partition coefficient (Wildman–Crippen LogP) is 2.76. The van der Waals surface area contributed by atoms with E-state index in [1.54, 1.807) is 47.2 Å². The van der Waals surface area contributed by atoms with Gasteiger partial charge >= 0.3 is 0 Å². The third-order valence-electron chi connectivity index (χ3n) is 5.45. The van der Waals surface area contributed by atoms with Crippen molar-refractivity contribution in [2.45, 2.75) is 0 Å². The van der Waals surface area contributed by atoms with Crippen LogP contribution >= 0.6 is 0 Å². The van der Waals surface area contributed by atoms with Crippen molar-refractivity contribution in [3.05, 3.63) is 71.8 Å². The molecule has 1 aliphatic heterocycles. The van der Waals surface area contributed by atoms with Gasteiger partial charge in [-0.2, -0.15) is 0 Å². The molecule has 1 saturated heterocycles. The molecule has 3 aromatic rings. The third-order valence-corrected chi connectivity index (χ3v) is 5.45. The smallest absolute Gasteiger partial charge is 0.257 e. The summed E-state index contributed by atoms with van der Waals surface area (Å²) < 4.78 is 10.4. The Bertz CT molecular complexity index is 1110. The first-order valence-electron chi connectivity index (χ1n) is 10.3. The van der Waals surface area contributed by atoms with E-state index in [9.17, 15) is 9.59 Å². The lowest BCUT2D eigenvalue weighted by atomic mass is 10.1. The van der Waals surface area contributed by atoms with Crippen molar-refractivity contribution in [2.75, 3.05) is 40.4 Å². The molecule has 0 unspecified atom stereocenters. The first-order valence-corrected chi connectivity index (χ1v) is 10.3. The molecule has 0 saturated carbocycles. The number of para-hydroxylation sites is 1. The molecule has 2 aromatic carbocycles. The fraction of sp³-hybridized carbons (Fsp3) is 0.250. The van der Waals surface area contributed by atoms with Gasteiger partial charge in [-0.1, -0.05) is 24.3 Å². The van der Waals surface area contributed by atoms with Crippen LogP contribution in [0.3, 0.4) is 0 Å². The van der Waals surface area contributed by atoms with Crippen molar-refractivity contribution in [3.8, 4) is 22.9 Å². The van der Waals surface area contributed by atoms with Crippen LogP contribution in [0.15, 0.2) is 60.7 Å². The molecule has 8 heteroatoms. The van der Waals surface area contributed by atoms with E-state index < -0.39 is 0 Å². The predicted molar refractivity (Wildman–Crippen MR) is 119 cm³/mol. The summed E-state index contributed by atoms with van der Waals surface area (Å²) in [5.41, 5.74) is 2.57. The van der Waals surface area contributed by atoms with Crippen LogP contribution in [0.5, 0.6) is 11.6 Å². The van der Waals surface area contributed by atoms with Gasteiger partial charge in [-0.25, -0.2) is 0 Å². The van der Waals surface area contributed by atoms with Crippen LogP contribution < -0.4 is 9.47 Å². The molecule has 1 fully saturated rings. The molecule has 0 bridgehead atoms. The number of nitrogens with zero attached hydrogens (tertiary/aromatic N) is 4. The zero-order valence-electron chi connectivity index (χ0n) is 18.0. The van der Waals surface area contributed by atoms with E-state index in [-0.39, 0.29) is 11.8 Å². The van der Waals surface area contributed by atoms with E-state index in [4.69, 9.17) is 9.47 Å². The van der Waals surface area contributed by atoms with Crippen LogP contribution in [0.1, 0.15) is 20.7 Å². The Morgan fingerprint density at radius 2 is 1.50 bits per heavy atom. The van der Waals surface area contributed by atoms with Crippen molar-refractivity contribution in [1.29, 1.82) is 0 Å². The van der Waals surface area contributed by atoms with Crippen LogP contribution in [0.2, 0.25) is 0 Å². The summed E-state index contributed by atoms with van der Waals surface area (Å²) >= 11 is 0. The lowest BCUT2D eigenvalue weighted by Crippen LogP contribution is -2.50. The second-order valence-electron chi connectivity index (χ2n) is 7.33. The van der Waals surface area contributed by atoms with E-state index in [1.165, 1.54) is 7.11 Å². The lowest BCUT2D eigenvalue weighted by molar-refractivity contribution is 0.0533. The highest BCUT2D eigenvalue weighted by molar-refractivity contribution is 5.98. The first kappa shape index (κ1) is 21.3. The van der Waals surface area contributed by atoms with E-state index in [0.29, 0.717) is 54.6 Å². The highest BCUT2D eigenvalue weighted by atomic mass is 16.5. The Morgan fingerprint density at radius 3 is 2.16 bits per heavy atom. The molecule has 0 spiro atoms. The largest absolute Gasteiger partial charge is 0.496 e. The number of carbonyl (C=O) groups excluding carboxylic acids is 2. The number of carbonyl (C=O) groups is 2. The van der Waals surface area contributed by atoms with E-state index in [1.807, 2.05) is 30.3 Å². The Kier molecular flexibility index (Phi) is 6.30. The molecule has 0 atom stereocenters. The van der Waals surface area contributed by atoms with Gasteiger partial charge in [0.1, 0.15) is 5.75 Å². The molecule has 0 radical (unpaired) electrons. The first-order chi connectivity index (χ1) is 15.6. The standard InChI is InChI=1S/C24H24N4O4/c1-31-21-9-4-3-8-19(21)24(30)28-14-12-27(13-15-28)23(29)18-7-5-6-17(16-18)20-10-11-22(32-2)26-25-20/h3-11,16H,12-15H2,1-2H3. The molecule has 2 amide bonds. The summed E-state index contributed by atoms with van der Waals surface area (Å²) in [4.78, 5) is 29.5. The number of amides is 2. The van der Waals surface area contributed by atoms with Crippen LogP contribution in [0, 0.1) is 0 Å². The van der Waals surface area contributed by atoms with Crippen molar-refractivity contribution in [2.24, 2.45) is 0 Å². The maximum Gasteiger partial charge on any atom is 0.257 e. The molecule has 0 aliphatic carbocycles. The van der Waals surface area contributed by atoms with Gasteiger partial charge in [0.2, 0.25) is 5.88 Å². The van der Waals surface area contributed by atoms with Crippen LogP contribution in [0.25, 0.3) is 11.3 Å². The quantitative estimate of drug-likeness (QED) is 0.616. The summed E-state index contributed by atoms with van der Waals surface area (Å²) in [7, 11) is 3.08. The number of piperazine rings is 1. The zero-order valence-corrected chi connectivity index (χ0v) is 18.0. The van der Waals surface area contributed by atoms with Gasteiger partial charge in [-0.3, -0.25) is 9.59 Å². The fourth-order valence-corrected chi connectivity index (χ4v) is 3.68. The van der Waals surface area contributed by atoms with E-state index in [0.717, 1.165) is 5.56 Å². The maximum absolute atomic E-state index is 13.1. The lowest BCUT2D eigenvalue weighted by Gasteiger charge is -2.35. The number of methoxy groups -OCH3 is 2. The SMILES string of the molecule is COc1ccc(-c2cccc(C(=O)N3CCN(C(=O)c4ccccc4OC)CC3)c2)nn1. The van der Waals surface area contributed by atoms with Gasteiger partial charge in [-0.15, -0.1) is 10.2 Å². The van der Waals surface area contributed by atoms with Gasteiger partial charge in [0.15, 0.2) is 0 Å². The average molecular weight is 432 g/mol. The minimum atomic E-state index is -0.0883. The van der Waals surface area contributed by atoms with Gasteiger partial charge in [0, 0.05) is 43.4 Å². The molecule has 32 heavy (non-hydrogen) atoms. The van der Waals surface area contributed by atoms with Gasteiger partial charge in [0.25, 0.3) is 11.8 Å². The van der Waals surface area contributed by atoms with Crippen LogP contribution in [-0.2, 0) is 0 Å². The second-order valence-corrected chi connectivity index (χ2v) is 7.33. The van der Waals surface area contributed by atoms with Crippen molar-refractivity contribution in [3.63, 3.8) is 0 Å². The summed E-state index contributed by atoms with van der Waals surface area (Å²) in [5.74, 6) is 0.823. The molecule has 4 rings (SSSR count). The molecule has 164 valence electrons. The minimum absolute atomic E-state index is 0.0716. The Hall–Kier alpha value is -3.94. The Balaban J connectivity index is 1.43. The highest BCUT2D eigenvalue weighted by Crippen LogP contribution is 2.22. The molecule has 1 aliphatic rings. The monoisotopic (exact) mass is 432 g/mol. The van der Waals surface area contributed by atoms with Crippen LogP contribution in [0.4, 0.5) is 0 Å². The zero-order chi connectivity index (χ0) is 22.5. The Morgan fingerprint density at radius 1 is 0.781 bits per heavy atom. The molecular weight excluding hydrogens is 408 g/mol. The third kappa shape index (κ3) is 4.39. The molecule has 0 N–H and O–H groups in total. The molecular formula is C24H24N4O4. The fourth-order valence-electron chi connectivity index (χ4n) is 3.68. The average Bonchev–Trinajstić information content (AvgIpc) is 2.88. The van der Waals surface area contributed by atoms with Crippen LogP contribution in [-0.4, -0.2) is 72.2 Å². The van der Waals surface area contributed by atoms with Gasteiger partial charge in [-0.05, 0) is 30.3 Å². The number of aromatic nitrogens is 2. The number of benzene rings is 2. The Labute approximate surface area is 186 Å². The second kappa shape index (κ2) is 9.47. The van der Waals surface area contributed by atoms with E-state index >= 15 is 0 Å². The normalized spacial score (nSPS) is 13.6. The molecule has 8 nitrogen and oxygen atoms in total. The van der Waals surface area contributed by atoms with Crippen molar-refractivity contribution >= 4 is 11.8 Å². The van der Waals surface area contributed by atoms with Gasteiger partial charge in [0.05, 0.1) is 25.5 Å². The number of hydrogen-bond donors (Lipinski definition) is 0.